The molecule has 1 aliphatic heterocycles. The van der Waals surface area contributed by atoms with Crippen LogP contribution in [0.2, 0.25) is 0 Å². The summed E-state index contributed by atoms with van der Waals surface area (Å²) in [6, 6.07) is 7.61. The molecule has 5 N–H and O–H groups in total. The van der Waals surface area contributed by atoms with Gasteiger partial charge < -0.3 is 31.3 Å². The van der Waals surface area contributed by atoms with Crippen LogP contribution in [0.15, 0.2) is 30.5 Å². The zero-order valence-corrected chi connectivity index (χ0v) is 17.9. The number of hydrogen-bond acceptors (Lipinski definition) is 8. The highest BCUT2D eigenvalue weighted by Gasteiger charge is 2.28. The van der Waals surface area contributed by atoms with Gasteiger partial charge in [0.25, 0.3) is 5.91 Å². The Balaban J connectivity index is 1.73. The maximum atomic E-state index is 12.2. The van der Waals surface area contributed by atoms with Crippen molar-refractivity contribution in [2.75, 3.05) is 49.4 Å². The molecule has 166 valence electrons. The molecule has 0 bridgehead atoms. The molecule has 0 spiro atoms. The summed E-state index contributed by atoms with van der Waals surface area (Å²) in [6.45, 7) is 1.78. The van der Waals surface area contributed by atoms with Crippen LogP contribution in [0.5, 0.6) is 0 Å². The topological polar surface area (TPSA) is 134 Å². The van der Waals surface area contributed by atoms with E-state index in [9.17, 15) is 9.59 Å². The lowest BCUT2D eigenvalue weighted by Crippen LogP contribution is -2.48. The Labute approximate surface area is 181 Å². The second-order valence-corrected chi connectivity index (χ2v) is 7.23. The minimum absolute atomic E-state index is 0.0401. The number of amides is 2. The fourth-order valence-corrected chi connectivity index (χ4v) is 3.57. The summed E-state index contributed by atoms with van der Waals surface area (Å²) in [6.07, 6.45) is 4.35. The van der Waals surface area contributed by atoms with Crippen LogP contribution >= 0.6 is 0 Å². The van der Waals surface area contributed by atoms with Crippen LogP contribution in [0.25, 0.3) is 0 Å². The van der Waals surface area contributed by atoms with Crippen LogP contribution in [-0.2, 0) is 9.53 Å². The van der Waals surface area contributed by atoms with Gasteiger partial charge in [0.05, 0.1) is 12.2 Å². The molecule has 1 aromatic heterocycles. The normalized spacial score (nSPS) is 15.9. The third-order valence-corrected chi connectivity index (χ3v) is 5.16. The van der Waals surface area contributed by atoms with E-state index in [1.807, 2.05) is 24.3 Å². The molecule has 1 atom stereocenters. The van der Waals surface area contributed by atoms with Crippen LogP contribution in [0.3, 0.4) is 0 Å². The van der Waals surface area contributed by atoms with E-state index in [0.29, 0.717) is 24.9 Å². The number of rotatable bonds is 9. The van der Waals surface area contributed by atoms with E-state index in [1.165, 1.54) is 6.20 Å². The zero-order valence-electron chi connectivity index (χ0n) is 17.9. The molecule has 10 nitrogen and oxygen atoms in total. The van der Waals surface area contributed by atoms with Gasteiger partial charge in [0.1, 0.15) is 11.9 Å². The average molecular weight is 428 g/mol. The third-order valence-electron chi connectivity index (χ3n) is 5.16. The Hall–Kier alpha value is -3.40. The molecule has 10 heteroatoms. The molecule has 2 heterocycles. The van der Waals surface area contributed by atoms with E-state index in [0.717, 1.165) is 37.2 Å². The number of primary amides is 1. The smallest absolute Gasteiger partial charge is 0.254 e. The Morgan fingerprint density at radius 2 is 2.03 bits per heavy atom. The monoisotopic (exact) mass is 427 g/mol. The maximum Gasteiger partial charge on any atom is 0.254 e. The predicted octanol–water partition coefficient (Wildman–Crippen LogP) is 1.48. The van der Waals surface area contributed by atoms with Crippen molar-refractivity contribution in [2.45, 2.75) is 25.3 Å². The van der Waals surface area contributed by atoms with Gasteiger partial charge in [0.15, 0.2) is 0 Å². The minimum atomic E-state index is -0.608. The highest BCUT2D eigenvalue weighted by Crippen LogP contribution is 2.27. The standard InChI is InChI=1S/C21H29N7O3/c1-23-20(30)17-5-3-4-11-28(17)15-8-6-14(7-9-15)26-21-25-13-16(18(22)29)19(27-21)24-10-12-31-2/h6-9,13,17H,3-5,10-12H2,1-2H3,(H2,22,29)(H,23,30)(H2,24,25,26,27)/t17-/m0/s1. The average Bonchev–Trinajstić information content (AvgIpc) is 2.79. The summed E-state index contributed by atoms with van der Waals surface area (Å²) < 4.78 is 5.01. The molecular formula is C21H29N7O3. The summed E-state index contributed by atoms with van der Waals surface area (Å²) in [5.74, 6) is 0.112. The van der Waals surface area contributed by atoms with Crippen LogP contribution < -0.4 is 26.6 Å². The SMILES string of the molecule is CNC(=O)[C@@H]1CCCCN1c1ccc(Nc2ncc(C(N)=O)c(NCCOC)n2)cc1. The first-order valence-electron chi connectivity index (χ1n) is 10.3. The molecule has 0 unspecified atom stereocenters. The lowest BCUT2D eigenvalue weighted by Gasteiger charge is -2.36. The second kappa shape index (κ2) is 10.6. The first-order chi connectivity index (χ1) is 15.0. The lowest BCUT2D eigenvalue weighted by molar-refractivity contribution is -0.122. The third kappa shape index (κ3) is 5.60. The Morgan fingerprint density at radius 1 is 1.26 bits per heavy atom. The van der Waals surface area contributed by atoms with Crippen molar-refractivity contribution in [3.63, 3.8) is 0 Å². The number of nitrogens with zero attached hydrogens (tertiary/aromatic N) is 3. The Bertz CT molecular complexity index is 904. The van der Waals surface area contributed by atoms with Gasteiger partial charge in [-0.1, -0.05) is 0 Å². The van der Waals surface area contributed by atoms with Gasteiger partial charge in [-0.2, -0.15) is 4.98 Å². The highest BCUT2D eigenvalue weighted by molar-refractivity contribution is 5.97. The van der Waals surface area contributed by atoms with Crippen molar-refractivity contribution >= 4 is 35.0 Å². The van der Waals surface area contributed by atoms with Gasteiger partial charge in [-0.25, -0.2) is 4.98 Å². The number of carbonyl (C=O) groups excluding carboxylic acids is 2. The first-order valence-corrected chi connectivity index (χ1v) is 10.3. The summed E-state index contributed by atoms with van der Waals surface area (Å²) in [5, 5.41) is 8.92. The van der Waals surface area contributed by atoms with Gasteiger partial charge in [-0.3, -0.25) is 9.59 Å². The van der Waals surface area contributed by atoms with Crippen LogP contribution in [0, 0.1) is 0 Å². The number of hydrogen-bond donors (Lipinski definition) is 4. The molecule has 1 saturated heterocycles. The van der Waals surface area contributed by atoms with Crippen molar-refractivity contribution in [3.05, 3.63) is 36.0 Å². The fraction of sp³-hybridized carbons (Fsp3) is 0.429. The molecule has 0 radical (unpaired) electrons. The van der Waals surface area contributed by atoms with Gasteiger partial charge in [0.2, 0.25) is 11.9 Å². The largest absolute Gasteiger partial charge is 0.383 e. The molecule has 1 aromatic carbocycles. The highest BCUT2D eigenvalue weighted by atomic mass is 16.5. The van der Waals surface area contributed by atoms with Gasteiger partial charge in [-0.05, 0) is 43.5 Å². The van der Waals surface area contributed by atoms with E-state index in [4.69, 9.17) is 10.5 Å². The predicted molar refractivity (Wildman–Crippen MR) is 120 cm³/mol. The van der Waals surface area contributed by atoms with Gasteiger partial charge in [-0.15, -0.1) is 0 Å². The molecule has 2 amide bonds. The van der Waals surface area contributed by atoms with Crippen LogP contribution in [-0.4, -0.2) is 61.7 Å². The fourth-order valence-electron chi connectivity index (χ4n) is 3.57. The Morgan fingerprint density at radius 3 is 2.71 bits per heavy atom. The van der Waals surface area contributed by atoms with Crippen molar-refractivity contribution in [1.82, 2.24) is 15.3 Å². The van der Waals surface area contributed by atoms with E-state index in [-0.39, 0.29) is 17.5 Å². The van der Waals surface area contributed by atoms with Crippen molar-refractivity contribution < 1.29 is 14.3 Å². The van der Waals surface area contributed by atoms with E-state index in [2.05, 4.69) is 30.8 Å². The van der Waals surface area contributed by atoms with E-state index >= 15 is 0 Å². The van der Waals surface area contributed by atoms with Gasteiger partial charge >= 0.3 is 0 Å². The van der Waals surface area contributed by atoms with Crippen LogP contribution in [0.4, 0.5) is 23.1 Å². The molecule has 31 heavy (non-hydrogen) atoms. The molecular weight excluding hydrogens is 398 g/mol. The van der Waals surface area contributed by atoms with Gasteiger partial charge in [0, 0.05) is 44.8 Å². The van der Waals surface area contributed by atoms with E-state index in [1.54, 1.807) is 14.2 Å². The number of nitrogens with one attached hydrogen (secondary N) is 3. The van der Waals surface area contributed by atoms with E-state index < -0.39 is 5.91 Å². The number of piperidine rings is 1. The Kier molecular flexibility index (Phi) is 7.60. The number of nitrogens with two attached hydrogens (primary N) is 1. The summed E-state index contributed by atoms with van der Waals surface area (Å²) in [4.78, 5) is 34.6. The van der Waals surface area contributed by atoms with Crippen LogP contribution in [0.1, 0.15) is 29.6 Å². The number of anilines is 4. The van der Waals surface area contributed by atoms with Crippen molar-refractivity contribution in [2.24, 2.45) is 5.73 Å². The second-order valence-electron chi connectivity index (χ2n) is 7.23. The number of methoxy groups -OCH3 is 1. The lowest BCUT2D eigenvalue weighted by atomic mass is 10.0. The summed E-state index contributed by atoms with van der Waals surface area (Å²) >= 11 is 0. The molecule has 0 aliphatic carbocycles. The first kappa shape index (κ1) is 22.3. The molecule has 0 saturated carbocycles. The number of aromatic nitrogens is 2. The number of likely N-dealkylation sites (N-methyl/N-ethyl adjacent to an activating group) is 1. The number of benzene rings is 1. The summed E-state index contributed by atoms with van der Waals surface area (Å²) in [7, 11) is 3.26. The molecule has 2 aromatic rings. The zero-order chi connectivity index (χ0) is 22.2. The number of ether oxygens (including phenoxy) is 1. The minimum Gasteiger partial charge on any atom is -0.383 e. The van der Waals surface area contributed by atoms with Crippen molar-refractivity contribution in [3.8, 4) is 0 Å². The molecule has 1 fully saturated rings. The van der Waals surface area contributed by atoms with Crippen molar-refractivity contribution in [1.29, 1.82) is 0 Å². The maximum absolute atomic E-state index is 12.2. The number of carbonyl (C=O) groups is 2. The molecule has 1 aliphatic rings. The summed E-state index contributed by atoms with van der Waals surface area (Å²) in [5.41, 5.74) is 7.39. The molecule has 3 rings (SSSR count). The quantitative estimate of drug-likeness (QED) is 0.442.